The Balaban J connectivity index is 2.80. The van der Waals surface area contributed by atoms with Gasteiger partial charge in [0.15, 0.2) is 0 Å². The van der Waals surface area contributed by atoms with E-state index in [2.05, 4.69) is 0 Å². The first kappa shape index (κ1) is 9.03. The lowest BCUT2D eigenvalue weighted by Crippen LogP contribution is -2.40. The van der Waals surface area contributed by atoms with E-state index in [4.69, 9.17) is 5.73 Å². The van der Waals surface area contributed by atoms with Gasteiger partial charge in [0.2, 0.25) is 5.91 Å². The van der Waals surface area contributed by atoms with Crippen molar-refractivity contribution in [3.05, 3.63) is 0 Å². The molecule has 0 saturated carbocycles. The number of hydrogen-bond acceptors (Lipinski definition) is 2. The average molecular weight is 170 g/mol. The van der Waals surface area contributed by atoms with Crippen LogP contribution in [0.15, 0.2) is 0 Å². The quantitative estimate of drug-likeness (QED) is 0.630. The van der Waals surface area contributed by atoms with Crippen LogP contribution >= 0.6 is 0 Å². The molecule has 68 valence electrons. The first-order valence-electron chi connectivity index (χ1n) is 4.12. The van der Waals surface area contributed by atoms with E-state index >= 15 is 0 Å². The number of hydrogen-bond donors (Lipinski definition) is 1. The van der Waals surface area contributed by atoms with Gasteiger partial charge in [-0.15, -0.1) is 0 Å². The highest BCUT2D eigenvalue weighted by Gasteiger charge is 2.43. The number of imide groups is 1. The number of nitrogens with two attached hydrogens (primary N) is 1. The van der Waals surface area contributed by atoms with Crippen molar-refractivity contribution in [1.29, 1.82) is 0 Å². The van der Waals surface area contributed by atoms with Gasteiger partial charge in [0.05, 0.1) is 0 Å². The minimum atomic E-state index is -0.628. The molecule has 0 aliphatic carbocycles. The number of carbonyl (C=O) groups is 2. The third-order valence-electron chi connectivity index (χ3n) is 2.70. The fourth-order valence-corrected chi connectivity index (χ4v) is 1.43. The third kappa shape index (κ3) is 1.17. The lowest BCUT2D eigenvalue weighted by Gasteiger charge is -2.19. The van der Waals surface area contributed by atoms with Crippen LogP contribution in [-0.4, -0.2) is 23.4 Å². The molecule has 0 aromatic rings. The van der Waals surface area contributed by atoms with E-state index in [9.17, 15) is 9.59 Å². The lowest BCUT2D eigenvalue weighted by molar-refractivity contribution is -0.132. The molecule has 4 heteroatoms. The molecule has 1 fully saturated rings. The smallest absolute Gasteiger partial charge is 0.321 e. The summed E-state index contributed by atoms with van der Waals surface area (Å²) >= 11 is 0. The maximum Gasteiger partial charge on any atom is 0.321 e. The minimum Gasteiger partial charge on any atom is -0.351 e. The molecule has 0 radical (unpaired) electrons. The SMILES string of the molecule is CCC1(C)CCN(C(N)=O)C1=O. The highest BCUT2D eigenvalue weighted by Crippen LogP contribution is 2.34. The monoisotopic (exact) mass is 170 g/mol. The Morgan fingerprint density at radius 1 is 1.75 bits per heavy atom. The molecule has 1 rings (SSSR count). The van der Waals surface area contributed by atoms with E-state index in [-0.39, 0.29) is 11.3 Å². The van der Waals surface area contributed by atoms with E-state index < -0.39 is 6.03 Å². The second-order valence-electron chi connectivity index (χ2n) is 3.46. The number of primary amides is 1. The molecule has 1 unspecified atom stereocenters. The molecule has 1 aliphatic rings. The van der Waals surface area contributed by atoms with Crippen LogP contribution in [-0.2, 0) is 4.79 Å². The molecule has 1 saturated heterocycles. The minimum absolute atomic E-state index is 0.127. The molecule has 0 aromatic heterocycles. The highest BCUT2D eigenvalue weighted by atomic mass is 16.2. The van der Waals surface area contributed by atoms with Crippen molar-refractivity contribution in [2.24, 2.45) is 11.1 Å². The van der Waals surface area contributed by atoms with E-state index in [1.54, 1.807) is 0 Å². The van der Waals surface area contributed by atoms with Crippen LogP contribution in [0, 0.1) is 5.41 Å². The number of urea groups is 1. The van der Waals surface area contributed by atoms with Crippen LogP contribution < -0.4 is 5.73 Å². The number of amides is 3. The second-order valence-corrected chi connectivity index (χ2v) is 3.46. The Hall–Kier alpha value is -1.06. The van der Waals surface area contributed by atoms with Gasteiger partial charge in [-0.3, -0.25) is 9.69 Å². The topological polar surface area (TPSA) is 63.4 Å². The zero-order chi connectivity index (χ0) is 9.35. The zero-order valence-electron chi connectivity index (χ0n) is 7.46. The van der Waals surface area contributed by atoms with Crippen LogP contribution in [0.4, 0.5) is 4.79 Å². The lowest BCUT2D eigenvalue weighted by atomic mass is 9.86. The van der Waals surface area contributed by atoms with Gasteiger partial charge >= 0.3 is 6.03 Å². The average Bonchev–Trinajstić information content (AvgIpc) is 2.30. The molecule has 0 aromatic carbocycles. The van der Waals surface area contributed by atoms with Crippen LogP contribution in [0.5, 0.6) is 0 Å². The van der Waals surface area contributed by atoms with Gasteiger partial charge in [-0.2, -0.15) is 0 Å². The summed E-state index contributed by atoms with van der Waals surface area (Å²) in [4.78, 5) is 23.4. The molecular weight excluding hydrogens is 156 g/mol. The molecule has 1 aliphatic heterocycles. The predicted molar refractivity (Wildman–Crippen MR) is 44.3 cm³/mol. The number of nitrogens with zero attached hydrogens (tertiary/aromatic N) is 1. The Bertz CT molecular complexity index is 227. The van der Waals surface area contributed by atoms with Crippen LogP contribution in [0.3, 0.4) is 0 Å². The summed E-state index contributed by atoms with van der Waals surface area (Å²) in [7, 11) is 0. The van der Waals surface area contributed by atoms with E-state index in [0.29, 0.717) is 6.54 Å². The van der Waals surface area contributed by atoms with Crippen molar-refractivity contribution in [1.82, 2.24) is 4.90 Å². The molecule has 4 nitrogen and oxygen atoms in total. The van der Waals surface area contributed by atoms with Gasteiger partial charge < -0.3 is 5.73 Å². The zero-order valence-corrected chi connectivity index (χ0v) is 7.46. The van der Waals surface area contributed by atoms with Crippen molar-refractivity contribution in [2.75, 3.05) is 6.54 Å². The summed E-state index contributed by atoms with van der Waals surface area (Å²) in [6.07, 6.45) is 1.49. The summed E-state index contributed by atoms with van der Waals surface area (Å²) in [5, 5.41) is 0. The van der Waals surface area contributed by atoms with Gasteiger partial charge in [0.1, 0.15) is 0 Å². The van der Waals surface area contributed by atoms with E-state index in [0.717, 1.165) is 17.7 Å². The van der Waals surface area contributed by atoms with Gasteiger partial charge in [0.25, 0.3) is 0 Å². The molecule has 2 N–H and O–H groups in total. The Morgan fingerprint density at radius 3 is 2.58 bits per heavy atom. The van der Waals surface area contributed by atoms with Crippen molar-refractivity contribution in [3.8, 4) is 0 Å². The fourth-order valence-electron chi connectivity index (χ4n) is 1.43. The molecule has 1 heterocycles. The highest BCUT2D eigenvalue weighted by molar-refractivity contribution is 5.98. The number of rotatable bonds is 1. The summed E-state index contributed by atoms with van der Waals surface area (Å²) in [5.74, 6) is -0.127. The van der Waals surface area contributed by atoms with E-state index in [1.165, 1.54) is 0 Å². The van der Waals surface area contributed by atoms with Gasteiger partial charge in [-0.05, 0) is 12.8 Å². The standard InChI is InChI=1S/C8H14N2O2/c1-3-8(2)4-5-10(6(8)11)7(9)12/h3-5H2,1-2H3,(H2,9,12). The molecule has 12 heavy (non-hydrogen) atoms. The maximum absolute atomic E-state index is 11.5. The number of likely N-dealkylation sites (tertiary alicyclic amines) is 1. The van der Waals surface area contributed by atoms with Crippen molar-refractivity contribution in [2.45, 2.75) is 26.7 Å². The van der Waals surface area contributed by atoms with Crippen molar-refractivity contribution in [3.63, 3.8) is 0 Å². The maximum atomic E-state index is 11.5. The van der Waals surface area contributed by atoms with Crippen LogP contribution in [0.1, 0.15) is 26.7 Å². The summed E-state index contributed by atoms with van der Waals surface area (Å²) in [5.41, 5.74) is 4.66. The van der Waals surface area contributed by atoms with Gasteiger partial charge in [-0.25, -0.2) is 4.79 Å². The Labute approximate surface area is 71.7 Å². The molecule has 0 bridgehead atoms. The summed E-state index contributed by atoms with van der Waals surface area (Å²) in [6.45, 7) is 4.29. The Kier molecular flexibility index (Phi) is 2.08. The Morgan fingerprint density at radius 2 is 2.33 bits per heavy atom. The molecular formula is C8H14N2O2. The first-order valence-corrected chi connectivity index (χ1v) is 4.12. The second kappa shape index (κ2) is 2.77. The normalized spacial score (nSPS) is 29.5. The van der Waals surface area contributed by atoms with Crippen LogP contribution in [0.2, 0.25) is 0 Å². The summed E-state index contributed by atoms with van der Waals surface area (Å²) < 4.78 is 0. The van der Waals surface area contributed by atoms with Crippen LogP contribution in [0.25, 0.3) is 0 Å². The first-order chi connectivity index (χ1) is 5.51. The molecule has 3 amide bonds. The largest absolute Gasteiger partial charge is 0.351 e. The van der Waals surface area contributed by atoms with Crippen molar-refractivity contribution < 1.29 is 9.59 Å². The summed E-state index contributed by atoms with van der Waals surface area (Å²) in [6, 6.07) is -0.628. The van der Waals surface area contributed by atoms with Gasteiger partial charge in [0, 0.05) is 12.0 Å². The number of carbonyl (C=O) groups excluding carboxylic acids is 2. The third-order valence-corrected chi connectivity index (χ3v) is 2.70. The molecule has 0 spiro atoms. The molecule has 1 atom stereocenters. The van der Waals surface area contributed by atoms with Gasteiger partial charge in [-0.1, -0.05) is 13.8 Å². The van der Waals surface area contributed by atoms with Crippen molar-refractivity contribution >= 4 is 11.9 Å². The predicted octanol–water partition coefficient (Wildman–Crippen LogP) is 0.714. The fraction of sp³-hybridized carbons (Fsp3) is 0.750. The van der Waals surface area contributed by atoms with E-state index in [1.807, 2.05) is 13.8 Å².